The van der Waals surface area contributed by atoms with E-state index < -0.39 is 20.0 Å². The maximum atomic E-state index is 13.0. The molecule has 0 aliphatic carbocycles. The predicted molar refractivity (Wildman–Crippen MR) is 339 cm³/mol. The van der Waals surface area contributed by atoms with Gasteiger partial charge in [-0.05, 0) is 64.2 Å². The summed E-state index contributed by atoms with van der Waals surface area (Å²) in [5, 5.41) is 14.0. The molecule has 8 nitrogen and oxygen atoms in total. The first-order valence-electron chi connectivity index (χ1n) is 33.3. The molecule has 0 bridgehead atoms. The summed E-state index contributed by atoms with van der Waals surface area (Å²) < 4.78 is 23.4. The average Bonchev–Trinajstić information content (AvgIpc) is 3.41. The minimum absolute atomic E-state index is 0.00269. The van der Waals surface area contributed by atoms with E-state index in [1.54, 1.807) is 6.08 Å². The molecule has 1 amide bonds. The number of aliphatic hydroxyl groups is 1. The van der Waals surface area contributed by atoms with Crippen molar-refractivity contribution in [3.8, 4) is 0 Å². The van der Waals surface area contributed by atoms with Gasteiger partial charge in [-0.25, -0.2) is 0 Å². The lowest BCUT2D eigenvalue weighted by atomic mass is 10.0. The van der Waals surface area contributed by atoms with Crippen LogP contribution in [-0.2, 0) is 18.4 Å². The molecule has 0 fully saturated rings. The number of amides is 1. The van der Waals surface area contributed by atoms with Crippen molar-refractivity contribution in [1.82, 2.24) is 5.32 Å². The first-order chi connectivity index (χ1) is 38.0. The minimum atomic E-state index is -4.61. The monoisotopic (exact) mass is 1110 g/mol. The van der Waals surface area contributed by atoms with Crippen LogP contribution in [0.3, 0.4) is 0 Å². The highest BCUT2D eigenvalue weighted by Gasteiger charge is 2.23. The third-order valence-electron chi connectivity index (χ3n) is 14.9. The van der Waals surface area contributed by atoms with Crippen LogP contribution in [0, 0.1) is 0 Å². The first kappa shape index (κ1) is 75.9. The summed E-state index contributed by atoms with van der Waals surface area (Å²) >= 11 is 0. The number of unbranched alkanes of at least 4 members (excludes halogenated alkanes) is 38. The van der Waals surface area contributed by atoms with E-state index in [1.165, 1.54) is 218 Å². The molecule has 0 saturated carbocycles. The first-order valence-corrected chi connectivity index (χ1v) is 34.8. The fraction of sp³-hybridized carbons (Fsp3) is 0.812. The summed E-state index contributed by atoms with van der Waals surface area (Å²) in [7, 11) is 1.26. The Hall–Kier alpha value is -2.06. The second kappa shape index (κ2) is 59.6. The molecule has 3 unspecified atom stereocenters. The minimum Gasteiger partial charge on any atom is -0.756 e. The summed E-state index contributed by atoms with van der Waals surface area (Å²) in [6.07, 6.45) is 82.9. The van der Waals surface area contributed by atoms with Gasteiger partial charge in [0.15, 0.2) is 0 Å². The maximum absolute atomic E-state index is 13.0. The van der Waals surface area contributed by atoms with Gasteiger partial charge in [-0.2, -0.15) is 0 Å². The molecule has 0 aromatic rings. The average molecular weight is 1110 g/mol. The number of nitrogens with zero attached hydrogens (tertiary/aromatic N) is 1. The second-order valence-electron chi connectivity index (χ2n) is 23.8. The van der Waals surface area contributed by atoms with Gasteiger partial charge in [-0.1, -0.05) is 311 Å². The number of quaternary nitrogens is 1. The fourth-order valence-corrected chi connectivity index (χ4v) is 10.5. The molecule has 456 valence electrons. The van der Waals surface area contributed by atoms with Crippen LogP contribution in [0.1, 0.15) is 309 Å². The number of carbonyl (C=O) groups excluding carboxylic acids is 1. The van der Waals surface area contributed by atoms with Crippen molar-refractivity contribution < 1.29 is 32.9 Å². The van der Waals surface area contributed by atoms with E-state index >= 15 is 0 Å². The van der Waals surface area contributed by atoms with Crippen LogP contribution in [0.4, 0.5) is 0 Å². The van der Waals surface area contributed by atoms with Crippen molar-refractivity contribution in [2.24, 2.45) is 0 Å². The van der Waals surface area contributed by atoms with E-state index in [0.717, 1.165) is 70.6 Å². The fourth-order valence-electron chi connectivity index (χ4n) is 9.77. The number of phosphoric ester groups is 1. The van der Waals surface area contributed by atoms with Gasteiger partial charge >= 0.3 is 0 Å². The number of allylic oxidation sites excluding steroid dienone is 11. The van der Waals surface area contributed by atoms with E-state index in [-0.39, 0.29) is 19.1 Å². The van der Waals surface area contributed by atoms with E-state index in [2.05, 4.69) is 79.9 Å². The molecular formula is C69H129N2O6P. The largest absolute Gasteiger partial charge is 0.756 e. The summed E-state index contributed by atoms with van der Waals surface area (Å²) in [6.45, 7) is 4.57. The van der Waals surface area contributed by atoms with Crippen LogP contribution in [0.2, 0.25) is 0 Å². The molecule has 0 spiro atoms. The van der Waals surface area contributed by atoms with Gasteiger partial charge in [0.1, 0.15) is 13.2 Å². The molecule has 0 aromatic heterocycles. The van der Waals surface area contributed by atoms with Crippen LogP contribution in [-0.4, -0.2) is 68.5 Å². The Morgan fingerprint density at radius 1 is 0.462 bits per heavy atom. The Morgan fingerprint density at radius 3 is 1.14 bits per heavy atom. The number of rotatable bonds is 61. The lowest BCUT2D eigenvalue weighted by Crippen LogP contribution is -2.45. The predicted octanol–water partition coefficient (Wildman–Crippen LogP) is 20.4. The van der Waals surface area contributed by atoms with Crippen molar-refractivity contribution in [3.05, 3.63) is 72.9 Å². The lowest BCUT2D eigenvalue weighted by Gasteiger charge is -2.29. The van der Waals surface area contributed by atoms with Gasteiger partial charge in [0.05, 0.1) is 39.9 Å². The molecule has 2 N–H and O–H groups in total. The van der Waals surface area contributed by atoms with E-state index in [0.29, 0.717) is 17.4 Å². The quantitative estimate of drug-likeness (QED) is 0.0272. The molecule has 0 heterocycles. The highest BCUT2D eigenvalue weighted by Crippen LogP contribution is 2.38. The van der Waals surface area contributed by atoms with Crippen molar-refractivity contribution in [2.45, 2.75) is 321 Å². The highest BCUT2D eigenvalue weighted by molar-refractivity contribution is 7.45. The normalized spacial score (nSPS) is 14.2. The number of nitrogens with one attached hydrogen (secondary N) is 1. The Balaban J connectivity index is 4.12. The molecule has 0 radical (unpaired) electrons. The zero-order chi connectivity index (χ0) is 57.0. The molecule has 0 saturated heterocycles. The van der Waals surface area contributed by atoms with Crippen molar-refractivity contribution in [2.75, 3.05) is 40.9 Å². The molecule has 78 heavy (non-hydrogen) atoms. The number of aliphatic hydroxyl groups excluding tert-OH is 1. The molecular weight excluding hydrogens is 984 g/mol. The van der Waals surface area contributed by atoms with Gasteiger partial charge in [-0.15, -0.1) is 0 Å². The lowest BCUT2D eigenvalue weighted by molar-refractivity contribution is -0.870. The number of hydrogen-bond donors (Lipinski definition) is 2. The van der Waals surface area contributed by atoms with Gasteiger partial charge in [0.2, 0.25) is 5.91 Å². The summed E-state index contributed by atoms with van der Waals surface area (Å²) in [5.74, 6) is -0.197. The van der Waals surface area contributed by atoms with Crippen LogP contribution in [0.25, 0.3) is 0 Å². The zero-order valence-electron chi connectivity index (χ0n) is 52.1. The molecule has 0 aromatic carbocycles. The molecule has 3 atom stereocenters. The zero-order valence-corrected chi connectivity index (χ0v) is 53.0. The summed E-state index contributed by atoms with van der Waals surface area (Å²) in [6, 6.07) is -0.892. The van der Waals surface area contributed by atoms with Gasteiger partial charge in [0, 0.05) is 6.42 Å². The van der Waals surface area contributed by atoms with Crippen molar-refractivity contribution in [1.29, 1.82) is 0 Å². The van der Waals surface area contributed by atoms with Crippen molar-refractivity contribution in [3.63, 3.8) is 0 Å². The maximum Gasteiger partial charge on any atom is 0.268 e. The Labute approximate surface area is 484 Å². The van der Waals surface area contributed by atoms with E-state index in [4.69, 9.17) is 9.05 Å². The van der Waals surface area contributed by atoms with Gasteiger partial charge in [-0.3, -0.25) is 9.36 Å². The summed E-state index contributed by atoms with van der Waals surface area (Å²) in [5.41, 5.74) is 0. The van der Waals surface area contributed by atoms with Crippen LogP contribution >= 0.6 is 7.82 Å². The summed E-state index contributed by atoms with van der Waals surface area (Å²) in [4.78, 5) is 25.6. The van der Waals surface area contributed by atoms with Crippen LogP contribution < -0.4 is 10.2 Å². The number of phosphoric acid groups is 1. The Bertz CT molecular complexity index is 1500. The molecule has 0 aliphatic rings. The van der Waals surface area contributed by atoms with E-state index in [9.17, 15) is 19.4 Å². The highest BCUT2D eigenvalue weighted by atomic mass is 31.2. The Morgan fingerprint density at radius 2 is 0.782 bits per heavy atom. The van der Waals surface area contributed by atoms with Gasteiger partial charge < -0.3 is 28.8 Å². The van der Waals surface area contributed by atoms with E-state index in [1.807, 2.05) is 27.2 Å². The van der Waals surface area contributed by atoms with Crippen molar-refractivity contribution >= 4 is 13.7 Å². The van der Waals surface area contributed by atoms with Crippen LogP contribution in [0.5, 0.6) is 0 Å². The molecule has 9 heteroatoms. The molecule has 0 aliphatic heterocycles. The van der Waals surface area contributed by atoms with Crippen LogP contribution in [0.15, 0.2) is 72.9 Å². The Kier molecular flexibility index (Phi) is 58.0. The smallest absolute Gasteiger partial charge is 0.268 e. The second-order valence-corrected chi connectivity index (χ2v) is 25.2. The third-order valence-corrected chi connectivity index (χ3v) is 15.9. The SMILES string of the molecule is CC/C=C\C/C=C\C/C=C\C/C=C\C/C=C\CCCCCCCCCCCCCCCC(=O)NC(COP(=O)([O-])OCC[N+](C)(C)C)C(O)/C=C/CCCCCCCCCCCCCCCCCCCCCCCCCCC. The number of likely N-dealkylation sites (N-methyl/N-ethyl adjacent to an activating group) is 1. The number of carbonyl (C=O) groups is 1. The third kappa shape index (κ3) is 61.6. The molecule has 0 rings (SSSR count). The topological polar surface area (TPSA) is 108 Å². The standard InChI is InChI=1S/C69H129N2O6P/c1-6-8-10-12-14-16-18-20-22-24-26-28-30-32-34-35-37-39-41-43-45-47-49-51-53-55-57-59-61-63-69(73)70-67(66-77-78(74,75)76-65-64-71(3,4)5)68(72)62-60-58-56-54-52-50-48-46-44-42-40-38-36-33-31-29-27-25-23-21-19-17-15-13-11-9-7-2/h8,10,14,16,20,22,26,28,32,34,60,62,67-68,72H,6-7,9,11-13,15,17-19,21,23-25,27,29-31,33,35-59,61,63-66H2,1-5H3,(H-,70,73,74,75)/b10-8-,16-14-,22-20-,28-26-,34-32-,62-60+. The van der Waals surface area contributed by atoms with Gasteiger partial charge in [0.25, 0.3) is 7.82 Å². The number of hydrogen-bond acceptors (Lipinski definition) is 6.